The minimum Gasteiger partial charge on any atom is -0.506 e. The van der Waals surface area contributed by atoms with Gasteiger partial charge in [-0.2, -0.15) is 0 Å². The first kappa shape index (κ1) is 12.3. The second-order valence-corrected chi connectivity index (χ2v) is 4.69. The molecule has 0 unspecified atom stereocenters. The Kier molecular flexibility index (Phi) is 3.60. The van der Waals surface area contributed by atoms with Gasteiger partial charge in [0, 0.05) is 43.4 Å². The third-order valence-corrected chi connectivity index (χ3v) is 3.31. The van der Waals surface area contributed by atoms with Gasteiger partial charge in [-0.05, 0) is 15.9 Å². The average Bonchev–Trinajstić information content (AvgIpc) is 2.33. The number of benzene rings is 1. The van der Waals surface area contributed by atoms with Crippen molar-refractivity contribution in [3.63, 3.8) is 0 Å². The topological polar surface area (TPSA) is 87.4 Å². The largest absolute Gasteiger partial charge is 0.506 e. The summed E-state index contributed by atoms with van der Waals surface area (Å²) in [7, 11) is 0. The lowest BCUT2D eigenvalue weighted by Crippen LogP contribution is -2.42. The van der Waals surface area contributed by atoms with Crippen molar-refractivity contribution in [2.24, 2.45) is 0 Å². The van der Waals surface area contributed by atoms with Crippen LogP contribution in [0.25, 0.3) is 0 Å². The quantitative estimate of drug-likeness (QED) is 0.566. The molecular formula is C10H12BrN3O3. The molecule has 0 spiro atoms. The summed E-state index contributed by atoms with van der Waals surface area (Å²) >= 11 is 3.13. The van der Waals surface area contributed by atoms with Crippen LogP contribution in [0.1, 0.15) is 11.6 Å². The Hall–Kier alpha value is -1.18. The smallest absolute Gasteiger partial charge is 0.271 e. The standard InChI is InChI=1S/C10H12BrN3O3/c11-8-4-6(14(16)17)3-7(10(8)15)9-5-12-1-2-13-9/h3-4,9,12-13,15H,1-2,5H2/t9-/m0/s1. The molecule has 7 heteroatoms. The molecule has 1 fully saturated rings. The number of aromatic hydroxyl groups is 1. The van der Waals surface area contributed by atoms with E-state index in [1.54, 1.807) is 0 Å². The lowest BCUT2D eigenvalue weighted by molar-refractivity contribution is -0.385. The van der Waals surface area contributed by atoms with E-state index in [4.69, 9.17) is 0 Å². The molecule has 6 nitrogen and oxygen atoms in total. The molecule has 92 valence electrons. The van der Waals surface area contributed by atoms with Crippen LogP contribution in [0.2, 0.25) is 0 Å². The Morgan fingerprint density at radius 3 is 2.82 bits per heavy atom. The average molecular weight is 302 g/mol. The summed E-state index contributed by atoms with van der Waals surface area (Å²) in [6, 6.07) is 2.60. The fourth-order valence-corrected chi connectivity index (χ4v) is 2.31. The SMILES string of the molecule is O=[N+]([O-])c1cc(Br)c(O)c([C@@H]2CNCCN2)c1. The number of piperazine rings is 1. The van der Waals surface area contributed by atoms with E-state index >= 15 is 0 Å². The molecule has 0 saturated carbocycles. The van der Waals surface area contributed by atoms with Gasteiger partial charge in [-0.1, -0.05) is 0 Å². The second kappa shape index (κ2) is 4.99. The molecule has 3 N–H and O–H groups in total. The molecule has 1 saturated heterocycles. The molecule has 1 aliphatic heterocycles. The van der Waals surface area contributed by atoms with Crippen molar-refractivity contribution < 1.29 is 10.0 Å². The van der Waals surface area contributed by atoms with E-state index < -0.39 is 4.92 Å². The Labute approximate surface area is 106 Å². The van der Waals surface area contributed by atoms with E-state index in [2.05, 4.69) is 26.6 Å². The maximum absolute atomic E-state index is 10.8. The molecule has 1 aromatic carbocycles. The van der Waals surface area contributed by atoms with Crippen molar-refractivity contribution in [1.29, 1.82) is 0 Å². The molecule has 1 atom stereocenters. The summed E-state index contributed by atoms with van der Waals surface area (Å²) in [5.74, 6) is 0.0526. The van der Waals surface area contributed by atoms with Gasteiger partial charge in [0.2, 0.25) is 0 Å². The number of hydrogen-bond donors (Lipinski definition) is 3. The highest BCUT2D eigenvalue weighted by Crippen LogP contribution is 2.36. The van der Waals surface area contributed by atoms with Gasteiger partial charge >= 0.3 is 0 Å². The fourth-order valence-electron chi connectivity index (χ4n) is 1.85. The van der Waals surface area contributed by atoms with E-state index in [0.717, 1.165) is 13.1 Å². The van der Waals surface area contributed by atoms with Gasteiger partial charge in [0.15, 0.2) is 0 Å². The Morgan fingerprint density at radius 2 is 2.24 bits per heavy atom. The summed E-state index contributed by atoms with van der Waals surface area (Å²) in [6.45, 7) is 2.26. The number of halogens is 1. The number of nitrogens with one attached hydrogen (secondary N) is 2. The van der Waals surface area contributed by atoms with Crippen molar-refractivity contribution in [2.75, 3.05) is 19.6 Å². The molecule has 0 bridgehead atoms. The van der Waals surface area contributed by atoms with Crippen molar-refractivity contribution in [2.45, 2.75) is 6.04 Å². The number of rotatable bonds is 2. The monoisotopic (exact) mass is 301 g/mol. The Bertz CT molecular complexity index is 447. The van der Waals surface area contributed by atoms with Gasteiger partial charge in [0.05, 0.1) is 9.40 Å². The van der Waals surface area contributed by atoms with Gasteiger partial charge in [0.25, 0.3) is 5.69 Å². The number of non-ortho nitro benzene ring substituents is 1. The van der Waals surface area contributed by atoms with Gasteiger partial charge in [0.1, 0.15) is 5.75 Å². The number of nitro benzene ring substituents is 1. The highest BCUT2D eigenvalue weighted by molar-refractivity contribution is 9.10. The highest BCUT2D eigenvalue weighted by atomic mass is 79.9. The van der Waals surface area contributed by atoms with Gasteiger partial charge in [-0.15, -0.1) is 0 Å². The van der Waals surface area contributed by atoms with Crippen LogP contribution in [-0.4, -0.2) is 29.7 Å². The van der Waals surface area contributed by atoms with Crippen LogP contribution in [0.5, 0.6) is 5.75 Å². The molecule has 0 amide bonds. The van der Waals surface area contributed by atoms with E-state index in [0.29, 0.717) is 16.6 Å². The zero-order valence-electron chi connectivity index (χ0n) is 8.94. The number of phenolic OH excluding ortho intramolecular Hbond substituents is 1. The van der Waals surface area contributed by atoms with E-state index in [1.807, 2.05) is 0 Å². The molecular weight excluding hydrogens is 290 g/mol. The number of phenols is 1. The minimum atomic E-state index is -0.468. The highest BCUT2D eigenvalue weighted by Gasteiger charge is 2.22. The minimum absolute atomic E-state index is 0.0305. The molecule has 17 heavy (non-hydrogen) atoms. The number of nitro groups is 1. The van der Waals surface area contributed by atoms with Crippen LogP contribution < -0.4 is 10.6 Å². The Balaban J connectivity index is 2.40. The van der Waals surface area contributed by atoms with Crippen LogP contribution in [0.3, 0.4) is 0 Å². The zero-order chi connectivity index (χ0) is 12.4. The molecule has 1 heterocycles. The first-order valence-electron chi connectivity index (χ1n) is 5.20. The van der Waals surface area contributed by atoms with Crippen molar-refractivity contribution in [3.8, 4) is 5.75 Å². The summed E-state index contributed by atoms with van der Waals surface area (Å²) in [5.41, 5.74) is 0.510. The number of nitrogens with zero attached hydrogens (tertiary/aromatic N) is 1. The second-order valence-electron chi connectivity index (χ2n) is 3.83. The van der Waals surface area contributed by atoms with Crippen LogP contribution in [0.4, 0.5) is 5.69 Å². The van der Waals surface area contributed by atoms with Crippen LogP contribution in [0, 0.1) is 10.1 Å². The summed E-state index contributed by atoms with van der Waals surface area (Å²) in [4.78, 5) is 10.3. The van der Waals surface area contributed by atoms with E-state index in [1.165, 1.54) is 12.1 Å². The zero-order valence-corrected chi connectivity index (χ0v) is 10.5. The molecule has 1 aliphatic rings. The maximum Gasteiger partial charge on any atom is 0.271 e. The lowest BCUT2D eigenvalue weighted by atomic mass is 10.0. The summed E-state index contributed by atoms with van der Waals surface area (Å²) in [5, 5.41) is 27.1. The normalized spacial score (nSPS) is 20.2. The predicted octanol–water partition coefficient (Wildman–Crippen LogP) is 1.30. The van der Waals surface area contributed by atoms with Gasteiger partial charge in [-0.3, -0.25) is 10.1 Å². The Morgan fingerprint density at radius 1 is 1.47 bits per heavy atom. The van der Waals surface area contributed by atoms with E-state index in [9.17, 15) is 15.2 Å². The number of hydrogen-bond acceptors (Lipinski definition) is 5. The molecule has 0 aromatic heterocycles. The molecule has 1 aromatic rings. The van der Waals surface area contributed by atoms with E-state index in [-0.39, 0.29) is 17.5 Å². The lowest BCUT2D eigenvalue weighted by Gasteiger charge is -2.25. The van der Waals surface area contributed by atoms with Crippen molar-refractivity contribution >= 4 is 21.6 Å². The van der Waals surface area contributed by atoms with Crippen molar-refractivity contribution in [3.05, 3.63) is 32.3 Å². The van der Waals surface area contributed by atoms with Crippen LogP contribution >= 0.6 is 15.9 Å². The molecule has 0 radical (unpaired) electrons. The van der Waals surface area contributed by atoms with Crippen molar-refractivity contribution in [1.82, 2.24) is 10.6 Å². The fraction of sp³-hybridized carbons (Fsp3) is 0.400. The van der Waals surface area contributed by atoms with Crippen LogP contribution in [-0.2, 0) is 0 Å². The summed E-state index contributed by atoms with van der Waals surface area (Å²) in [6.07, 6.45) is 0. The summed E-state index contributed by atoms with van der Waals surface area (Å²) < 4.78 is 0.342. The molecule has 0 aliphatic carbocycles. The first-order valence-corrected chi connectivity index (χ1v) is 6.00. The molecule has 2 rings (SSSR count). The first-order chi connectivity index (χ1) is 8.09. The van der Waals surface area contributed by atoms with Gasteiger partial charge in [-0.25, -0.2) is 0 Å². The predicted molar refractivity (Wildman–Crippen MR) is 66.1 cm³/mol. The third kappa shape index (κ3) is 2.56. The maximum atomic E-state index is 10.8. The van der Waals surface area contributed by atoms with Crippen LogP contribution in [0.15, 0.2) is 16.6 Å². The van der Waals surface area contributed by atoms with Gasteiger partial charge < -0.3 is 15.7 Å². The third-order valence-electron chi connectivity index (χ3n) is 2.70.